The molecule has 1 aliphatic rings. The third kappa shape index (κ3) is 4.71. The topological polar surface area (TPSA) is 40.2 Å². The molecule has 1 saturated heterocycles. The molecule has 0 radical (unpaired) electrons. The third-order valence-corrected chi connectivity index (χ3v) is 3.10. The fraction of sp³-hybridized carbons (Fsp3) is 0.615. The summed E-state index contributed by atoms with van der Waals surface area (Å²) in [5.74, 6) is 0. The summed E-state index contributed by atoms with van der Waals surface area (Å²) in [5, 5.41) is 6.77. The molecule has 1 aromatic rings. The summed E-state index contributed by atoms with van der Waals surface area (Å²) in [6.07, 6.45) is 6.16. The minimum Gasteiger partial charge on any atom is -0.384 e. The summed E-state index contributed by atoms with van der Waals surface area (Å²) in [5.41, 5.74) is 1.12. The van der Waals surface area contributed by atoms with Gasteiger partial charge in [0.25, 0.3) is 0 Å². The van der Waals surface area contributed by atoms with Gasteiger partial charge in [0.2, 0.25) is 0 Å². The lowest BCUT2D eigenvalue weighted by molar-refractivity contribution is 0.237. The number of unbranched alkanes of at least 4 members (excludes halogenated alkanes) is 1. The van der Waals surface area contributed by atoms with Crippen LogP contribution < -0.4 is 10.6 Å². The number of nitrogens with one attached hydrogen (secondary N) is 2. The minimum absolute atomic E-state index is 1.04. The Balaban J connectivity index is 1.51. The van der Waals surface area contributed by atoms with E-state index in [1.807, 2.05) is 12.3 Å². The quantitative estimate of drug-likeness (QED) is 0.725. The van der Waals surface area contributed by atoms with Crippen molar-refractivity contribution in [2.45, 2.75) is 12.8 Å². The molecule has 2 rings (SSSR count). The van der Waals surface area contributed by atoms with E-state index >= 15 is 0 Å². The van der Waals surface area contributed by atoms with Crippen molar-refractivity contribution in [2.24, 2.45) is 0 Å². The molecule has 2 N–H and O–H groups in total. The van der Waals surface area contributed by atoms with Crippen molar-refractivity contribution in [2.75, 3.05) is 44.6 Å². The average Bonchev–Trinajstić information content (AvgIpc) is 2.41. The summed E-state index contributed by atoms with van der Waals surface area (Å²) in [6.45, 7) is 6.97. The Morgan fingerprint density at radius 3 is 2.94 bits per heavy atom. The van der Waals surface area contributed by atoms with Gasteiger partial charge in [0.15, 0.2) is 0 Å². The SMILES string of the molecule is c1cncc(NCCCCN2CCNCC2)c1. The van der Waals surface area contributed by atoms with Crippen LogP contribution in [0.25, 0.3) is 0 Å². The van der Waals surface area contributed by atoms with Crippen LogP contribution in [0.1, 0.15) is 12.8 Å². The molecule has 1 aromatic heterocycles. The van der Waals surface area contributed by atoms with Crippen molar-refractivity contribution >= 4 is 5.69 Å². The second kappa shape index (κ2) is 7.25. The predicted molar refractivity (Wildman–Crippen MR) is 71.3 cm³/mol. The molecule has 4 heteroatoms. The highest BCUT2D eigenvalue weighted by Gasteiger charge is 2.07. The zero-order valence-electron chi connectivity index (χ0n) is 10.4. The van der Waals surface area contributed by atoms with Gasteiger partial charge in [0.05, 0.1) is 5.69 Å². The molecule has 0 bridgehead atoms. The summed E-state index contributed by atoms with van der Waals surface area (Å²) in [6, 6.07) is 4.02. The Morgan fingerprint density at radius 1 is 1.29 bits per heavy atom. The van der Waals surface area contributed by atoms with Gasteiger partial charge in [-0.05, 0) is 31.5 Å². The number of aromatic nitrogens is 1. The van der Waals surface area contributed by atoms with E-state index in [9.17, 15) is 0 Å². The first kappa shape index (κ1) is 12.3. The Hall–Kier alpha value is -1.13. The standard InChI is InChI=1S/C13H22N4/c1(2-9-17-10-7-14-8-11-17)6-16-13-4-3-5-15-12-13/h3-5,12,14,16H,1-2,6-11H2. The number of piperazine rings is 1. The third-order valence-electron chi connectivity index (χ3n) is 3.10. The number of hydrogen-bond acceptors (Lipinski definition) is 4. The van der Waals surface area contributed by atoms with Crippen LogP contribution in [0.2, 0.25) is 0 Å². The van der Waals surface area contributed by atoms with Gasteiger partial charge < -0.3 is 15.5 Å². The molecule has 4 nitrogen and oxygen atoms in total. The van der Waals surface area contributed by atoms with E-state index in [2.05, 4.69) is 26.6 Å². The van der Waals surface area contributed by atoms with Crippen molar-refractivity contribution in [1.82, 2.24) is 15.2 Å². The van der Waals surface area contributed by atoms with Crippen molar-refractivity contribution in [3.63, 3.8) is 0 Å². The van der Waals surface area contributed by atoms with Crippen LogP contribution in [-0.2, 0) is 0 Å². The van der Waals surface area contributed by atoms with Gasteiger partial charge in [-0.25, -0.2) is 0 Å². The summed E-state index contributed by atoms with van der Waals surface area (Å²) in [7, 11) is 0. The fourth-order valence-electron chi connectivity index (χ4n) is 2.10. The Bertz CT molecular complexity index is 296. The van der Waals surface area contributed by atoms with E-state index in [1.54, 1.807) is 6.20 Å². The molecule has 17 heavy (non-hydrogen) atoms. The van der Waals surface area contributed by atoms with Gasteiger partial charge in [0.1, 0.15) is 0 Å². The van der Waals surface area contributed by atoms with Gasteiger partial charge in [-0.3, -0.25) is 4.98 Å². The van der Waals surface area contributed by atoms with E-state index in [0.29, 0.717) is 0 Å². The second-order valence-electron chi connectivity index (χ2n) is 4.47. The van der Waals surface area contributed by atoms with Crippen LogP contribution in [0.4, 0.5) is 5.69 Å². The first-order valence-electron chi connectivity index (χ1n) is 6.52. The van der Waals surface area contributed by atoms with Crippen molar-refractivity contribution in [3.8, 4) is 0 Å². The maximum atomic E-state index is 4.08. The molecule has 0 aromatic carbocycles. The Labute approximate surface area is 103 Å². The highest BCUT2D eigenvalue weighted by molar-refractivity contribution is 5.39. The zero-order chi connectivity index (χ0) is 11.8. The first-order valence-corrected chi connectivity index (χ1v) is 6.52. The van der Waals surface area contributed by atoms with E-state index < -0.39 is 0 Å². The number of rotatable bonds is 6. The van der Waals surface area contributed by atoms with Gasteiger partial charge in [-0.2, -0.15) is 0 Å². The van der Waals surface area contributed by atoms with Gasteiger partial charge in [0, 0.05) is 45.1 Å². The maximum Gasteiger partial charge on any atom is 0.0526 e. The summed E-state index contributed by atoms with van der Waals surface area (Å²) >= 11 is 0. The first-order chi connectivity index (χ1) is 8.45. The van der Waals surface area contributed by atoms with E-state index in [4.69, 9.17) is 0 Å². The molecule has 0 amide bonds. The molecule has 2 heterocycles. The van der Waals surface area contributed by atoms with Crippen LogP contribution >= 0.6 is 0 Å². The number of hydrogen-bond donors (Lipinski definition) is 2. The Kier molecular flexibility index (Phi) is 5.26. The highest BCUT2D eigenvalue weighted by Crippen LogP contribution is 2.03. The lowest BCUT2D eigenvalue weighted by Gasteiger charge is -2.27. The second-order valence-corrected chi connectivity index (χ2v) is 4.47. The minimum atomic E-state index is 1.04. The molecule has 0 saturated carbocycles. The van der Waals surface area contributed by atoms with Gasteiger partial charge >= 0.3 is 0 Å². The highest BCUT2D eigenvalue weighted by atomic mass is 15.2. The van der Waals surface area contributed by atoms with Crippen LogP contribution in [0, 0.1) is 0 Å². The molecule has 94 valence electrons. The zero-order valence-corrected chi connectivity index (χ0v) is 10.4. The molecular weight excluding hydrogens is 212 g/mol. The smallest absolute Gasteiger partial charge is 0.0526 e. The largest absolute Gasteiger partial charge is 0.384 e. The normalized spacial score (nSPS) is 16.9. The molecule has 0 aliphatic carbocycles. The maximum absolute atomic E-state index is 4.08. The lowest BCUT2D eigenvalue weighted by Crippen LogP contribution is -2.43. The summed E-state index contributed by atoms with van der Waals surface area (Å²) < 4.78 is 0. The van der Waals surface area contributed by atoms with E-state index in [0.717, 1.165) is 25.3 Å². The van der Waals surface area contributed by atoms with Gasteiger partial charge in [-0.1, -0.05) is 0 Å². The number of nitrogens with zero attached hydrogens (tertiary/aromatic N) is 2. The van der Waals surface area contributed by atoms with Crippen molar-refractivity contribution in [1.29, 1.82) is 0 Å². The lowest BCUT2D eigenvalue weighted by atomic mass is 10.2. The van der Waals surface area contributed by atoms with E-state index in [1.165, 1.54) is 32.5 Å². The Morgan fingerprint density at radius 2 is 2.18 bits per heavy atom. The van der Waals surface area contributed by atoms with Crippen molar-refractivity contribution in [3.05, 3.63) is 24.5 Å². The number of pyridine rings is 1. The average molecular weight is 234 g/mol. The molecule has 0 unspecified atom stereocenters. The monoisotopic (exact) mass is 234 g/mol. The fourth-order valence-corrected chi connectivity index (χ4v) is 2.10. The number of anilines is 1. The van der Waals surface area contributed by atoms with Crippen LogP contribution in [0.3, 0.4) is 0 Å². The van der Waals surface area contributed by atoms with Crippen molar-refractivity contribution < 1.29 is 0 Å². The molecule has 1 aliphatic heterocycles. The van der Waals surface area contributed by atoms with E-state index in [-0.39, 0.29) is 0 Å². The molecular formula is C13H22N4. The summed E-state index contributed by atoms with van der Waals surface area (Å²) in [4.78, 5) is 6.62. The predicted octanol–water partition coefficient (Wildman–Crippen LogP) is 1.18. The van der Waals surface area contributed by atoms with Crippen LogP contribution in [-0.4, -0.2) is 49.2 Å². The molecule has 0 spiro atoms. The van der Waals surface area contributed by atoms with Crippen LogP contribution in [0.15, 0.2) is 24.5 Å². The van der Waals surface area contributed by atoms with Gasteiger partial charge in [-0.15, -0.1) is 0 Å². The van der Waals surface area contributed by atoms with Crippen LogP contribution in [0.5, 0.6) is 0 Å². The molecule has 1 fully saturated rings. The molecule has 0 atom stereocenters.